The normalized spacial score (nSPS) is 14.1. The zero-order valence-electron chi connectivity index (χ0n) is 26.5. The number of benzene rings is 2. The van der Waals surface area contributed by atoms with Gasteiger partial charge in [0.1, 0.15) is 11.4 Å². The van der Waals surface area contributed by atoms with Crippen molar-refractivity contribution < 1.29 is 9.13 Å². The Morgan fingerprint density at radius 3 is 1.29 bits per heavy atom. The van der Waals surface area contributed by atoms with E-state index in [0.717, 1.165) is 73.4 Å². The molecule has 2 aromatic carbocycles. The van der Waals surface area contributed by atoms with E-state index in [0.29, 0.717) is 0 Å². The first-order valence-corrected chi connectivity index (χ1v) is 13.9. The van der Waals surface area contributed by atoms with Crippen LogP contribution in [0.2, 0.25) is 0 Å². The van der Waals surface area contributed by atoms with Crippen LogP contribution < -0.4 is 18.9 Å². The number of azo groups is 2. The third-order valence-corrected chi connectivity index (χ3v) is 7.59. The van der Waals surface area contributed by atoms with Gasteiger partial charge in [-0.25, -0.2) is 18.3 Å². The third kappa shape index (κ3) is 7.10. The summed E-state index contributed by atoms with van der Waals surface area (Å²) >= 11 is 0. The summed E-state index contributed by atoms with van der Waals surface area (Å²) in [7, 11) is 7.90. The van der Waals surface area contributed by atoms with Gasteiger partial charge in [0.15, 0.2) is 0 Å². The van der Waals surface area contributed by atoms with Crippen molar-refractivity contribution in [1.82, 2.24) is 9.13 Å². The Labute approximate surface area is 251 Å². The summed E-state index contributed by atoms with van der Waals surface area (Å²) in [5.74, 6) is 1.62. The van der Waals surface area contributed by atoms with E-state index in [1.54, 1.807) is 0 Å². The summed E-state index contributed by atoms with van der Waals surface area (Å²) in [5, 5.41) is 18.0. The molecule has 0 unspecified atom stereocenters. The van der Waals surface area contributed by atoms with Crippen LogP contribution in [-0.2, 0) is 28.2 Å². The second-order valence-electron chi connectivity index (χ2n) is 10.7. The van der Waals surface area contributed by atoms with Crippen LogP contribution >= 0.6 is 0 Å². The van der Waals surface area contributed by atoms with Crippen LogP contribution in [0.1, 0.15) is 24.0 Å². The standard InChI is InChI=1S/C30H40N10.2CH3/c1-23-21-25(9-11-27(23)31-33-29-35(3)17-18-36(29)4)39-13-7-15-40(16-8-14-39)26-10-12-28(24(2)22-26)32-34-30-37(5)19-20-38(30)6;;/h9-12,17-22H,7-8,13-16H2,1-6H3;2*1H3/q+2;2*-1. The van der Waals surface area contributed by atoms with E-state index in [-0.39, 0.29) is 14.9 Å². The first-order valence-electron chi connectivity index (χ1n) is 13.9. The van der Waals surface area contributed by atoms with Crippen LogP contribution in [0.3, 0.4) is 0 Å². The Hall–Kier alpha value is -4.34. The van der Waals surface area contributed by atoms with Crippen LogP contribution in [-0.4, -0.2) is 35.3 Å². The molecule has 0 spiro atoms. The van der Waals surface area contributed by atoms with Gasteiger partial charge in [0.2, 0.25) is 0 Å². The molecule has 0 N–H and O–H groups in total. The fourth-order valence-corrected chi connectivity index (χ4v) is 5.19. The molecular formula is C32H46N10. The molecule has 0 bridgehead atoms. The Bertz CT molecular complexity index is 1380. The molecule has 1 fully saturated rings. The van der Waals surface area contributed by atoms with Crippen molar-refractivity contribution in [3.8, 4) is 0 Å². The number of aryl methyl sites for hydroxylation is 6. The van der Waals surface area contributed by atoms with Crippen LogP contribution in [0.15, 0.2) is 81.6 Å². The van der Waals surface area contributed by atoms with Crippen molar-refractivity contribution in [2.24, 2.45) is 48.6 Å². The van der Waals surface area contributed by atoms with Gasteiger partial charge in [0.05, 0.1) is 53.0 Å². The number of nitrogens with zero attached hydrogens (tertiary/aromatic N) is 10. The van der Waals surface area contributed by atoms with Crippen molar-refractivity contribution in [3.63, 3.8) is 0 Å². The first-order chi connectivity index (χ1) is 19.3. The predicted octanol–water partition coefficient (Wildman–Crippen LogP) is 6.47. The minimum atomic E-state index is 0. The van der Waals surface area contributed by atoms with Crippen molar-refractivity contribution in [3.05, 3.63) is 87.2 Å². The van der Waals surface area contributed by atoms with Gasteiger partial charge in [-0.05, 0) is 74.2 Å². The second-order valence-corrected chi connectivity index (χ2v) is 10.7. The predicted molar refractivity (Wildman–Crippen MR) is 170 cm³/mol. The molecule has 224 valence electrons. The molecule has 0 radical (unpaired) electrons. The van der Waals surface area contributed by atoms with E-state index >= 15 is 0 Å². The Balaban J connectivity index is 0.00000242. The fourth-order valence-electron chi connectivity index (χ4n) is 5.19. The lowest BCUT2D eigenvalue weighted by molar-refractivity contribution is -0.657. The molecule has 0 atom stereocenters. The zero-order valence-corrected chi connectivity index (χ0v) is 26.5. The molecule has 0 aliphatic carbocycles. The van der Waals surface area contributed by atoms with Crippen LogP contribution in [0.5, 0.6) is 0 Å². The van der Waals surface area contributed by atoms with Gasteiger partial charge in [-0.1, -0.05) is 10.2 Å². The number of imidazole rings is 2. The van der Waals surface area contributed by atoms with Crippen LogP contribution in [0, 0.1) is 28.7 Å². The van der Waals surface area contributed by atoms with Crippen LogP contribution in [0.25, 0.3) is 0 Å². The van der Waals surface area contributed by atoms with E-state index < -0.39 is 0 Å². The molecule has 2 aromatic heterocycles. The quantitative estimate of drug-likeness (QED) is 0.151. The Morgan fingerprint density at radius 1 is 0.595 bits per heavy atom. The molecule has 1 aliphatic rings. The maximum atomic E-state index is 4.52. The summed E-state index contributed by atoms with van der Waals surface area (Å²) < 4.78 is 7.85. The summed E-state index contributed by atoms with van der Waals surface area (Å²) in [4.78, 5) is 5.00. The van der Waals surface area contributed by atoms with Crippen molar-refractivity contribution in [1.29, 1.82) is 0 Å². The summed E-state index contributed by atoms with van der Waals surface area (Å²) in [5.41, 5.74) is 6.59. The highest BCUT2D eigenvalue weighted by Gasteiger charge is 2.17. The van der Waals surface area contributed by atoms with Gasteiger partial charge < -0.3 is 24.7 Å². The monoisotopic (exact) mass is 570 g/mol. The summed E-state index contributed by atoms with van der Waals surface area (Å²) in [6.45, 7) is 8.31. The SMILES string of the molecule is Cc1cc(N2CCCN(c3ccc(N=Nc4n(C)cc[n+]4C)c(C)c3)CCC2)ccc1N=Nc1n(C)cc[n+]1C.[CH3-].[CH3-]. The molecule has 42 heavy (non-hydrogen) atoms. The van der Waals surface area contributed by atoms with E-state index in [1.807, 2.05) is 71.2 Å². The van der Waals surface area contributed by atoms with Crippen molar-refractivity contribution in [2.45, 2.75) is 26.7 Å². The van der Waals surface area contributed by atoms with Gasteiger partial charge in [-0.2, -0.15) is 0 Å². The third-order valence-electron chi connectivity index (χ3n) is 7.59. The molecule has 1 saturated heterocycles. The van der Waals surface area contributed by atoms with Crippen molar-refractivity contribution >= 4 is 34.6 Å². The topological polar surface area (TPSA) is 73.5 Å². The van der Waals surface area contributed by atoms with Gasteiger partial charge in [-0.15, -0.1) is 0 Å². The number of hydrogen-bond donors (Lipinski definition) is 0. The molecule has 10 nitrogen and oxygen atoms in total. The zero-order chi connectivity index (χ0) is 28.2. The van der Waals surface area contributed by atoms with E-state index in [2.05, 4.69) is 80.5 Å². The fraction of sp³-hybridized carbons (Fsp3) is 0.375. The minimum absolute atomic E-state index is 0. The van der Waals surface area contributed by atoms with E-state index in [1.165, 1.54) is 11.4 Å². The van der Waals surface area contributed by atoms with E-state index in [4.69, 9.17) is 0 Å². The average Bonchev–Trinajstić information content (AvgIpc) is 3.41. The highest BCUT2D eigenvalue weighted by Crippen LogP contribution is 2.29. The van der Waals surface area contributed by atoms with Gasteiger partial charge >= 0.3 is 11.9 Å². The highest BCUT2D eigenvalue weighted by atomic mass is 15.3. The Kier molecular flexibility index (Phi) is 10.7. The first kappa shape index (κ1) is 32.2. The maximum absolute atomic E-state index is 4.52. The minimum Gasteiger partial charge on any atom is -0.371 e. The number of rotatable bonds is 6. The lowest BCUT2D eigenvalue weighted by Crippen LogP contribution is -2.36. The molecule has 0 amide bonds. The Morgan fingerprint density at radius 2 is 0.976 bits per heavy atom. The lowest BCUT2D eigenvalue weighted by Gasteiger charge is -2.33. The summed E-state index contributed by atoms with van der Waals surface area (Å²) in [6, 6.07) is 13.0. The number of aromatic nitrogens is 4. The summed E-state index contributed by atoms with van der Waals surface area (Å²) in [6.07, 6.45) is 10.1. The maximum Gasteiger partial charge on any atom is 0.421 e. The molecule has 0 saturated carbocycles. The average molecular weight is 571 g/mol. The molecule has 4 aromatic rings. The van der Waals surface area contributed by atoms with Gasteiger partial charge in [-0.3, -0.25) is 0 Å². The highest BCUT2D eigenvalue weighted by molar-refractivity contribution is 5.59. The number of hydrogen-bond acceptors (Lipinski definition) is 6. The van der Waals surface area contributed by atoms with Crippen molar-refractivity contribution in [2.75, 3.05) is 36.0 Å². The van der Waals surface area contributed by atoms with Crippen LogP contribution in [0.4, 0.5) is 34.6 Å². The van der Waals surface area contributed by atoms with E-state index in [9.17, 15) is 0 Å². The number of anilines is 2. The molecule has 5 rings (SSSR count). The van der Waals surface area contributed by atoms with Gasteiger partial charge in [0, 0.05) is 47.8 Å². The molecule has 3 heterocycles. The second kappa shape index (κ2) is 14.0. The lowest BCUT2D eigenvalue weighted by atomic mass is 10.1. The largest absolute Gasteiger partial charge is 0.421 e. The molecule has 1 aliphatic heterocycles. The smallest absolute Gasteiger partial charge is 0.371 e. The molecular weight excluding hydrogens is 524 g/mol. The molecule has 10 heteroatoms. The van der Waals surface area contributed by atoms with Gasteiger partial charge in [0.25, 0.3) is 0 Å².